The first kappa shape index (κ1) is 24.2. The van der Waals surface area contributed by atoms with Crippen LogP contribution in [-0.4, -0.2) is 47.2 Å². The van der Waals surface area contributed by atoms with Crippen LogP contribution in [0.1, 0.15) is 77.2 Å². The molecule has 6 nitrogen and oxygen atoms in total. The van der Waals surface area contributed by atoms with Crippen LogP contribution >= 0.6 is 0 Å². The van der Waals surface area contributed by atoms with E-state index in [9.17, 15) is 14.7 Å². The third kappa shape index (κ3) is 8.34. The molecule has 1 aromatic carbocycles. The van der Waals surface area contributed by atoms with Gasteiger partial charge in [-0.1, -0.05) is 51.7 Å². The first-order valence-corrected chi connectivity index (χ1v) is 11.5. The van der Waals surface area contributed by atoms with Crippen molar-refractivity contribution in [3.05, 3.63) is 29.8 Å². The van der Waals surface area contributed by atoms with Crippen molar-refractivity contribution < 1.29 is 19.4 Å². The molecule has 0 spiro atoms. The Morgan fingerprint density at radius 2 is 1.77 bits per heavy atom. The minimum absolute atomic E-state index is 0.0929. The van der Waals surface area contributed by atoms with E-state index >= 15 is 0 Å². The van der Waals surface area contributed by atoms with E-state index in [1.807, 2.05) is 24.3 Å². The number of carboxylic acids is 1. The number of rotatable bonds is 13. The van der Waals surface area contributed by atoms with E-state index in [0.717, 1.165) is 56.5 Å². The van der Waals surface area contributed by atoms with E-state index in [1.54, 1.807) is 0 Å². The number of unbranched alkanes of at least 4 members (excludes halogenated alkanes) is 2. The van der Waals surface area contributed by atoms with E-state index in [-0.39, 0.29) is 18.6 Å². The SMILES string of the molecule is CCCCCC(=O)NC(Cc1ccc(OC(CCC)N2CCCCC2)cc1)C(=O)O. The lowest BCUT2D eigenvalue weighted by molar-refractivity contribution is -0.141. The maximum atomic E-state index is 12.0. The van der Waals surface area contributed by atoms with E-state index < -0.39 is 12.0 Å². The van der Waals surface area contributed by atoms with Crippen molar-refractivity contribution in [1.82, 2.24) is 10.2 Å². The minimum atomic E-state index is -1.01. The first-order chi connectivity index (χ1) is 14.5. The molecule has 1 amide bonds. The van der Waals surface area contributed by atoms with Gasteiger partial charge in [-0.3, -0.25) is 9.69 Å². The highest BCUT2D eigenvalue weighted by molar-refractivity contribution is 5.83. The van der Waals surface area contributed by atoms with Crippen LogP contribution in [-0.2, 0) is 16.0 Å². The molecule has 1 fully saturated rings. The number of carbonyl (C=O) groups excluding carboxylic acids is 1. The van der Waals surface area contributed by atoms with Crippen LogP contribution in [0.2, 0.25) is 0 Å². The number of hydrogen-bond acceptors (Lipinski definition) is 4. The van der Waals surface area contributed by atoms with E-state index in [1.165, 1.54) is 19.3 Å². The fraction of sp³-hybridized carbons (Fsp3) is 0.667. The zero-order valence-corrected chi connectivity index (χ0v) is 18.6. The minimum Gasteiger partial charge on any atom is -0.480 e. The Morgan fingerprint density at radius 1 is 1.07 bits per heavy atom. The Morgan fingerprint density at radius 3 is 2.37 bits per heavy atom. The predicted molar refractivity (Wildman–Crippen MR) is 119 cm³/mol. The molecule has 0 bridgehead atoms. The van der Waals surface area contributed by atoms with Crippen molar-refractivity contribution in [2.45, 2.75) is 90.3 Å². The zero-order chi connectivity index (χ0) is 21.8. The number of ether oxygens (including phenoxy) is 1. The van der Waals surface area contributed by atoms with Crippen molar-refractivity contribution in [1.29, 1.82) is 0 Å². The summed E-state index contributed by atoms with van der Waals surface area (Å²) in [5.41, 5.74) is 0.869. The second kappa shape index (κ2) is 13.3. The molecule has 0 aromatic heterocycles. The lowest BCUT2D eigenvalue weighted by atomic mass is 10.1. The number of carboxylic acid groups (broad SMARTS) is 1. The summed E-state index contributed by atoms with van der Waals surface area (Å²) in [4.78, 5) is 26.0. The van der Waals surface area contributed by atoms with Gasteiger partial charge in [0.05, 0.1) is 0 Å². The molecule has 0 radical (unpaired) electrons. The number of carbonyl (C=O) groups is 2. The number of hydrogen-bond donors (Lipinski definition) is 2. The van der Waals surface area contributed by atoms with Crippen LogP contribution in [0.5, 0.6) is 5.75 Å². The predicted octanol–water partition coefficient (Wildman–Crippen LogP) is 4.37. The Labute approximate surface area is 181 Å². The molecule has 2 unspecified atom stereocenters. The van der Waals surface area contributed by atoms with Gasteiger partial charge in [0.25, 0.3) is 0 Å². The number of benzene rings is 1. The summed E-state index contributed by atoms with van der Waals surface area (Å²) in [6.07, 6.45) is 9.33. The number of nitrogens with one attached hydrogen (secondary N) is 1. The Hall–Kier alpha value is -2.08. The number of piperidine rings is 1. The third-order valence-corrected chi connectivity index (χ3v) is 5.61. The molecule has 1 aliphatic heterocycles. The lowest BCUT2D eigenvalue weighted by Crippen LogP contribution is -2.42. The lowest BCUT2D eigenvalue weighted by Gasteiger charge is -2.34. The quantitative estimate of drug-likeness (QED) is 0.465. The highest BCUT2D eigenvalue weighted by Crippen LogP contribution is 2.21. The van der Waals surface area contributed by atoms with Gasteiger partial charge in [-0.05, 0) is 43.4 Å². The normalized spacial score (nSPS) is 16.6. The molecule has 0 aliphatic carbocycles. The summed E-state index contributed by atoms with van der Waals surface area (Å²) in [6.45, 7) is 6.41. The summed E-state index contributed by atoms with van der Waals surface area (Å²) in [7, 11) is 0. The molecule has 0 saturated carbocycles. The number of likely N-dealkylation sites (tertiary alicyclic amines) is 1. The van der Waals surface area contributed by atoms with Gasteiger partial charge in [0, 0.05) is 25.9 Å². The maximum Gasteiger partial charge on any atom is 0.326 e. The second-order valence-corrected chi connectivity index (χ2v) is 8.22. The van der Waals surface area contributed by atoms with E-state index in [0.29, 0.717) is 6.42 Å². The van der Waals surface area contributed by atoms with Crippen LogP contribution in [0.4, 0.5) is 0 Å². The van der Waals surface area contributed by atoms with Crippen LogP contribution in [0.3, 0.4) is 0 Å². The molecule has 2 rings (SSSR count). The van der Waals surface area contributed by atoms with Gasteiger partial charge in [0.2, 0.25) is 5.91 Å². The fourth-order valence-electron chi connectivity index (χ4n) is 3.87. The van der Waals surface area contributed by atoms with Crippen LogP contribution in [0.15, 0.2) is 24.3 Å². The number of amides is 1. The summed E-state index contributed by atoms with van der Waals surface area (Å²) in [6, 6.07) is 6.70. The van der Waals surface area contributed by atoms with Crippen molar-refractivity contribution in [3.63, 3.8) is 0 Å². The van der Waals surface area contributed by atoms with Crippen molar-refractivity contribution >= 4 is 11.9 Å². The van der Waals surface area contributed by atoms with E-state index in [4.69, 9.17) is 4.74 Å². The molecule has 1 aliphatic rings. The summed E-state index contributed by atoms with van der Waals surface area (Å²) < 4.78 is 6.26. The summed E-state index contributed by atoms with van der Waals surface area (Å²) in [5.74, 6) is -0.398. The molecule has 1 heterocycles. The highest BCUT2D eigenvalue weighted by atomic mass is 16.5. The topological polar surface area (TPSA) is 78.9 Å². The van der Waals surface area contributed by atoms with Crippen molar-refractivity contribution in [2.75, 3.05) is 13.1 Å². The number of nitrogens with zero attached hydrogens (tertiary/aromatic N) is 1. The second-order valence-electron chi connectivity index (χ2n) is 8.22. The van der Waals surface area contributed by atoms with Crippen LogP contribution in [0.25, 0.3) is 0 Å². The zero-order valence-electron chi connectivity index (χ0n) is 18.6. The third-order valence-electron chi connectivity index (χ3n) is 5.61. The monoisotopic (exact) mass is 418 g/mol. The van der Waals surface area contributed by atoms with Gasteiger partial charge in [-0.25, -0.2) is 4.79 Å². The molecule has 168 valence electrons. The Bertz CT molecular complexity index is 641. The molecule has 1 saturated heterocycles. The fourth-order valence-corrected chi connectivity index (χ4v) is 3.87. The Balaban J connectivity index is 1.92. The smallest absolute Gasteiger partial charge is 0.326 e. The van der Waals surface area contributed by atoms with Crippen LogP contribution in [0, 0.1) is 0 Å². The molecular formula is C24H38N2O4. The summed E-state index contributed by atoms with van der Waals surface area (Å²) in [5, 5.41) is 12.1. The molecule has 6 heteroatoms. The van der Waals surface area contributed by atoms with Crippen LogP contribution < -0.4 is 10.1 Å². The van der Waals surface area contributed by atoms with E-state index in [2.05, 4.69) is 24.1 Å². The standard InChI is InChI=1S/C24H38N2O4/c1-3-5-7-11-22(27)25-21(24(28)29)18-19-12-14-20(15-13-19)30-23(10-4-2)26-16-8-6-9-17-26/h12-15,21,23H,3-11,16-18H2,1-2H3,(H,25,27)(H,28,29). The molecule has 1 aromatic rings. The van der Waals surface area contributed by atoms with Crippen molar-refractivity contribution in [3.8, 4) is 5.75 Å². The summed E-state index contributed by atoms with van der Waals surface area (Å²) >= 11 is 0. The highest BCUT2D eigenvalue weighted by Gasteiger charge is 2.22. The van der Waals surface area contributed by atoms with Gasteiger partial charge in [0.1, 0.15) is 11.8 Å². The largest absolute Gasteiger partial charge is 0.480 e. The van der Waals surface area contributed by atoms with Gasteiger partial charge >= 0.3 is 5.97 Å². The Kier molecular flexibility index (Phi) is 10.7. The molecular weight excluding hydrogens is 380 g/mol. The van der Waals surface area contributed by atoms with Crippen molar-refractivity contribution in [2.24, 2.45) is 0 Å². The average molecular weight is 419 g/mol. The van der Waals surface area contributed by atoms with Gasteiger partial charge in [-0.2, -0.15) is 0 Å². The average Bonchev–Trinajstić information content (AvgIpc) is 2.75. The maximum absolute atomic E-state index is 12.0. The van der Waals surface area contributed by atoms with Gasteiger partial charge in [-0.15, -0.1) is 0 Å². The molecule has 30 heavy (non-hydrogen) atoms. The van der Waals surface area contributed by atoms with Gasteiger partial charge in [0.15, 0.2) is 6.23 Å². The van der Waals surface area contributed by atoms with Gasteiger partial charge < -0.3 is 15.2 Å². The molecule has 2 N–H and O–H groups in total. The molecule has 2 atom stereocenters. The first-order valence-electron chi connectivity index (χ1n) is 11.5. The number of aliphatic carboxylic acids is 1.